The van der Waals surface area contributed by atoms with E-state index in [1.165, 1.54) is 11.3 Å². The van der Waals surface area contributed by atoms with Gasteiger partial charge in [0.05, 0.1) is 11.6 Å². The average Bonchev–Trinajstić information content (AvgIpc) is 2.25. The second-order valence-corrected chi connectivity index (χ2v) is 5.54. The van der Waals surface area contributed by atoms with E-state index in [4.69, 9.17) is 4.84 Å². The van der Waals surface area contributed by atoms with Crippen LogP contribution < -0.4 is 10.4 Å². The number of anilines is 1. The lowest BCUT2D eigenvalue weighted by atomic mass is 10.1. The Morgan fingerprint density at radius 1 is 1.12 bits per heavy atom. The zero-order valence-electron chi connectivity index (χ0n) is 11.7. The Morgan fingerprint density at radius 2 is 1.65 bits per heavy atom. The third kappa shape index (κ3) is 4.75. The Morgan fingerprint density at radius 3 is 2.06 bits per heavy atom. The topological polar surface area (TPSA) is 24.5 Å². The number of rotatable bonds is 4. The Balaban J connectivity index is 2.60. The lowest BCUT2D eigenvalue weighted by molar-refractivity contribution is -0.0866. The molecule has 0 aliphatic heterocycles. The first-order valence-electron chi connectivity index (χ1n) is 6.00. The Kier molecular flexibility index (Phi) is 4.54. The quantitative estimate of drug-likeness (QED) is 0.813. The van der Waals surface area contributed by atoms with Crippen LogP contribution in [0, 0.1) is 0 Å². The third-order valence-electron chi connectivity index (χ3n) is 2.45. The summed E-state index contributed by atoms with van der Waals surface area (Å²) in [6.45, 7) is 8.18. The van der Waals surface area contributed by atoms with Crippen molar-refractivity contribution in [1.29, 1.82) is 0 Å². The van der Waals surface area contributed by atoms with Gasteiger partial charge in [-0.15, -0.1) is 0 Å². The van der Waals surface area contributed by atoms with Crippen molar-refractivity contribution in [1.82, 2.24) is 5.48 Å². The van der Waals surface area contributed by atoms with Crippen LogP contribution in [0.4, 0.5) is 5.69 Å². The summed E-state index contributed by atoms with van der Waals surface area (Å²) in [5.74, 6) is 0. The number of hydrogen-bond donors (Lipinski definition) is 1. The van der Waals surface area contributed by atoms with E-state index < -0.39 is 0 Å². The molecule has 1 atom stereocenters. The molecule has 17 heavy (non-hydrogen) atoms. The van der Waals surface area contributed by atoms with Crippen LogP contribution >= 0.6 is 0 Å². The molecule has 0 aliphatic rings. The van der Waals surface area contributed by atoms with Gasteiger partial charge in [-0.05, 0) is 45.4 Å². The van der Waals surface area contributed by atoms with Crippen LogP contribution in [0.3, 0.4) is 0 Å². The molecule has 1 N–H and O–H groups in total. The smallest absolute Gasteiger partial charge is 0.0813 e. The van der Waals surface area contributed by atoms with E-state index >= 15 is 0 Å². The van der Waals surface area contributed by atoms with Gasteiger partial charge < -0.3 is 4.90 Å². The molecule has 0 radical (unpaired) electrons. The van der Waals surface area contributed by atoms with Crippen LogP contribution in [-0.2, 0) is 4.84 Å². The van der Waals surface area contributed by atoms with Crippen LogP contribution in [0.15, 0.2) is 24.3 Å². The summed E-state index contributed by atoms with van der Waals surface area (Å²) >= 11 is 0. The Hall–Kier alpha value is -1.06. The molecule has 0 bridgehead atoms. The minimum atomic E-state index is -0.169. The Labute approximate surface area is 105 Å². The normalized spacial score (nSPS) is 13.5. The number of hydroxylamine groups is 1. The van der Waals surface area contributed by atoms with Crippen molar-refractivity contribution >= 4 is 5.69 Å². The molecule has 0 saturated carbocycles. The van der Waals surface area contributed by atoms with Gasteiger partial charge in [-0.1, -0.05) is 12.1 Å². The highest BCUT2D eigenvalue weighted by atomic mass is 16.7. The molecule has 0 heterocycles. The largest absolute Gasteiger partial charge is 0.378 e. The highest BCUT2D eigenvalue weighted by molar-refractivity contribution is 5.46. The molecular formula is C14H24N2O. The molecule has 0 aliphatic carbocycles. The Bertz CT molecular complexity index is 338. The summed E-state index contributed by atoms with van der Waals surface area (Å²) in [6.07, 6.45) is 0. The molecule has 3 nitrogen and oxygen atoms in total. The van der Waals surface area contributed by atoms with Crippen molar-refractivity contribution in [2.24, 2.45) is 0 Å². The maximum atomic E-state index is 5.56. The first-order valence-corrected chi connectivity index (χ1v) is 6.00. The van der Waals surface area contributed by atoms with E-state index in [0.717, 1.165) is 0 Å². The van der Waals surface area contributed by atoms with Crippen LogP contribution in [-0.4, -0.2) is 19.7 Å². The summed E-state index contributed by atoms with van der Waals surface area (Å²) in [4.78, 5) is 7.65. The maximum absolute atomic E-state index is 5.56. The van der Waals surface area contributed by atoms with Gasteiger partial charge in [-0.25, -0.2) is 0 Å². The van der Waals surface area contributed by atoms with Crippen molar-refractivity contribution in [3.05, 3.63) is 29.8 Å². The number of benzene rings is 1. The zero-order valence-corrected chi connectivity index (χ0v) is 11.7. The van der Waals surface area contributed by atoms with Crippen LogP contribution in [0.1, 0.15) is 39.3 Å². The monoisotopic (exact) mass is 236 g/mol. The van der Waals surface area contributed by atoms with Gasteiger partial charge in [0.2, 0.25) is 0 Å². The van der Waals surface area contributed by atoms with Crippen molar-refractivity contribution in [2.75, 3.05) is 19.0 Å². The predicted octanol–water partition coefficient (Wildman–Crippen LogP) is 3.13. The van der Waals surface area contributed by atoms with E-state index in [2.05, 4.69) is 41.6 Å². The van der Waals surface area contributed by atoms with Crippen molar-refractivity contribution in [3.8, 4) is 0 Å². The first kappa shape index (κ1) is 14.0. The van der Waals surface area contributed by atoms with Crippen LogP contribution in [0.25, 0.3) is 0 Å². The predicted molar refractivity (Wildman–Crippen MR) is 73.2 cm³/mol. The first-order chi connectivity index (χ1) is 7.79. The van der Waals surface area contributed by atoms with Crippen LogP contribution in [0.2, 0.25) is 0 Å². The van der Waals surface area contributed by atoms with Gasteiger partial charge in [0, 0.05) is 19.8 Å². The molecule has 1 unspecified atom stereocenters. The van der Waals surface area contributed by atoms with Crippen LogP contribution in [0.5, 0.6) is 0 Å². The van der Waals surface area contributed by atoms with Gasteiger partial charge >= 0.3 is 0 Å². The molecular weight excluding hydrogens is 212 g/mol. The van der Waals surface area contributed by atoms with Gasteiger partial charge in [0.1, 0.15) is 0 Å². The number of nitrogens with one attached hydrogen (secondary N) is 1. The van der Waals surface area contributed by atoms with Gasteiger partial charge in [-0.3, -0.25) is 4.84 Å². The standard InChI is InChI=1S/C14H24N2O/c1-11(15-17-14(2,3)4)12-7-9-13(10-8-12)16(5)6/h7-11,15H,1-6H3. The van der Waals surface area contributed by atoms with E-state index in [1.807, 2.05) is 34.9 Å². The maximum Gasteiger partial charge on any atom is 0.0813 e. The lowest BCUT2D eigenvalue weighted by Gasteiger charge is -2.23. The third-order valence-corrected chi connectivity index (χ3v) is 2.45. The second kappa shape index (κ2) is 5.52. The minimum Gasteiger partial charge on any atom is -0.378 e. The van der Waals surface area contributed by atoms with E-state index in [-0.39, 0.29) is 11.6 Å². The number of nitrogens with zero attached hydrogens (tertiary/aromatic N) is 1. The average molecular weight is 236 g/mol. The molecule has 0 aromatic heterocycles. The second-order valence-electron chi connectivity index (χ2n) is 5.54. The van der Waals surface area contributed by atoms with E-state index in [9.17, 15) is 0 Å². The molecule has 3 heteroatoms. The van der Waals surface area contributed by atoms with E-state index in [1.54, 1.807) is 0 Å². The molecule has 0 amide bonds. The summed E-state index contributed by atoms with van der Waals surface area (Å²) in [7, 11) is 4.08. The fourth-order valence-electron chi connectivity index (χ4n) is 1.39. The van der Waals surface area contributed by atoms with Crippen molar-refractivity contribution in [3.63, 3.8) is 0 Å². The fourth-order valence-corrected chi connectivity index (χ4v) is 1.39. The molecule has 0 spiro atoms. The molecule has 0 fully saturated rings. The summed E-state index contributed by atoms with van der Waals surface area (Å²) in [5, 5.41) is 0. The number of hydrogen-bond acceptors (Lipinski definition) is 3. The molecule has 1 rings (SSSR count). The lowest BCUT2D eigenvalue weighted by Crippen LogP contribution is -2.30. The fraction of sp³-hybridized carbons (Fsp3) is 0.571. The zero-order chi connectivity index (χ0) is 13.1. The molecule has 96 valence electrons. The highest BCUT2D eigenvalue weighted by Crippen LogP contribution is 2.18. The highest BCUT2D eigenvalue weighted by Gasteiger charge is 2.13. The minimum absolute atomic E-state index is 0.169. The van der Waals surface area contributed by atoms with Gasteiger partial charge in [-0.2, -0.15) is 5.48 Å². The molecule has 1 aromatic carbocycles. The van der Waals surface area contributed by atoms with Crippen molar-refractivity contribution < 1.29 is 4.84 Å². The summed E-state index contributed by atoms with van der Waals surface area (Å²) in [5.41, 5.74) is 5.33. The van der Waals surface area contributed by atoms with Gasteiger partial charge in [0.25, 0.3) is 0 Å². The van der Waals surface area contributed by atoms with Gasteiger partial charge in [0.15, 0.2) is 0 Å². The van der Waals surface area contributed by atoms with E-state index in [0.29, 0.717) is 0 Å². The summed E-state index contributed by atoms with van der Waals surface area (Å²) < 4.78 is 0. The molecule has 0 saturated heterocycles. The van der Waals surface area contributed by atoms with Crippen molar-refractivity contribution in [2.45, 2.75) is 39.3 Å². The molecule has 1 aromatic rings. The SMILES string of the molecule is CC(NOC(C)(C)C)c1ccc(N(C)C)cc1. The summed E-state index contributed by atoms with van der Waals surface area (Å²) in [6, 6.07) is 8.66.